The number of esters is 1. The second-order valence-corrected chi connectivity index (χ2v) is 24.4. The van der Waals surface area contributed by atoms with Gasteiger partial charge in [0.15, 0.2) is 12.6 Å². The Morgan fingerprint density at radius 3 is 1.01 bits per heavy atom. The summed E-state index contributed by atoms with van der Waals surface area (Å²) in [6.45, 7) is 3.79. The highest BCUT2D eigenvalue weighted by Gasteiger charge is 2.47. The summed E-state index contributed by atoms with van der Waals surface area (Å²) in [4.78, 5) is 13.1. The van der Waals surface area contributed by atoms with Crippen LogP contribution in [0.15, 0.2) is 0 Å². The minimum absolute atomic E-state index is 0.0715. The molecule has 2 rings (SSSR count). The molecule has 14 nitrogen and oxygen atoms in total. The van der Waals surface area contributed by atoms with Crippen molar-refractivity contribution in [1.29, 1.82) is 0 Å². The molecule has 0 spiro atoms. The lowest BCUT2D eigenvalue weighted by Gasteiger charge is -2.42. The summed E-state index contributed by atoms with van der Waals surface area (Å²) in [6.07, 6.45) is 44.6. The van der Waals surface area contributed by atoms with E-state index in [0.29, 0.717) is 6.61 Å². The molecule has 2 heterocycles. The van der Waals surface area contributed by atoms with E-state index in [2.05, 4.69) is 13.8 Å². The largest absolute Gasteiger partial charge is 0.457 e. The SMILES string of the molecule is CCCCCCCCCCCCCCCCCCCCCCCCCCCC(=O)OC(COCCCCCCCCCCCCCCCCCCCCCCC)COC1OC(COC2OC(CO)C(O)C(O)C2O)C(O)C(O)C1O. The molecular formula is C66H128O14. The zero-order chi connectivity index (χ0) is 57.9. The lowest BCUT2D eigenvalue weighted by Crippen LogP contribution is -2.61. The fraction of sp³-hybridized carbons (Fsp3) is 0.985. The third kappa shape index (κ3) is 38.8. The van der Waals surface area contributed by atoms with E-state index in [0.717, 1.165) is 44.9 Å². The number of carbonyl (C=O) groups excluding carboxylic acids is 1. The van der Waals surface area contributed by atoms with Gasteiger partial charge in [0, 0.05) is 13.0 Å². The second-order valence-electron chi connectivity index (χ2n) is 24.4. The molecule has 0 aromatic carbocycles. The van der Waals surface area contributed by atoms with Crippen molar-refractivity contribution in [3.63, 3.8) is 0 Å². The second kappa shape index (κ2) is 53.5. The average Bonchev–Trinajstić information content (AvgIpc) is 3.52. The quantitative estimate of drug-likeness (QED) is 0.0223. The van der Waals surface area contributed by atoms with E-state index in [1.54, 1.807) is 0 Å². The number of hydrogen-bond donors (Lipinski definition) is 7. The maximum Gasteiger partial charge on any atom is 0.306 e. The van der Waals surface area contributed by atoms with E-state index in [1.165, 1.54) is 250 Å². The fourth-order valence-corrected chi connectivity index (χ4v) is 11.4. The Labute approximate surface area is 489 Å². The van der Waals surface area contributed by atoms with Crippen LogP contribution >= 0.6 is 0 Å². The van der Waals surface area contributed by atoms with Gasteiger partial charge in [-0.05, 0) is 12.8 Å². The first-order valence-electron chi connectivity index (χ1n) is 34.1. The Bertz CT molecular complexity index is 1330. The summed E-state index contributed by atoms with van der Waals surface area (Å²) in [5.41, 5.74) is 0. The van der Waals surface area contributed by atoms with Gasteiger partial charge in [-0.25, -0.2) is 0 Å². The fourth-order valence-electron chi connectivity index (χ4n) is 11.4. The molecule has 2 aliphatic heterocycles. The van der Waals surface area contributed by atoms with E-state index >= 15 is 0 Å². The summed E-state index contributed by atoms with van der Waals surface area (Å²) < 4.78 is 34.6. The smallest absolute Gasteiger partial charge is 0.306 e. The lowest BCUT2D eigenvalue weighted by molar-refractivity contribution is -0.332. The first kappa shape index (κ1) is 75.1. The van der Waals surface area contributed by atoms with E-state index in [-0.39, 0.29) is 25.6 Å². The third-order valence-electron chi connectivity index (χ3n) is 16.9. The molecule has 11 unspecified atom stereocenters. The summed E-state index contributed by atoms with van der Waals surface area (Å²) in [5, 5.41) is 72.6. The number of carbonyl (C=O) groups is 1. The topological polar surface area (TPSA) is 214 Å². The van der Waals surface area contributed by atoms with Gasteiger partial charge >= 0.3 is 5.97 Å². The number of aliphatic hydroxyl groups is 7. The number of aliphatic hydroxyl groups excluding tert-OH is 7. The lowest BCUT2D eigenvalue weighted by atomic mass is 9.98. The molecule has 2 fully saturated rings. The van der Waals surface area contributed by atoms with E-state index in [1.807, 2.05) is 0 Å². The van der Waals surface area contributed by atoms with E-state index in [9.17, 15) is 40.5 Å². The van der Waals surface area contributed by atoms with Gasteiger partial charge in [0.2, 0.25) is 0 Å². The summed E-state index contributed by atoms with van der Waals surface area (Å²) in [5.74, 6) is -0.364. The molecule has 2 aliphatic rings. The van der Waals surface area contributed by atoms with Crippen LogP contribution in [-0.2, 0) is 33.2 Å². The predicted octanol–water partition coefficient (Wildman–Crippen LogP) is 13.9. The normalized spacial score (nSPS) is 23.7. The number of hydrogen-bond acceptors (Lipinski definition) is 14. The highest BCUT2D eigenvalue weighted by Crippen LogP contribution is 2.27. The molecule has 14 heteroatoms. The Kier molecular flexibility index (Phi) is 50.2. The zero-order valence-electron chi connectivity index (χ0n) is 51.6. The van der Waals surface area contributed by atoms with Gasteiger partial charge in [0.05, 0.1) is 26.4 Å². The monoisotopic (exact) mass is 1140 g/mol. The van der Waals surface area contributed by atoms with Gasteiger partial charge in [-0.3, -0.25) is 4.79 Å². The number of unbranched alkanes of at least 4 members (excludes halogenated alkanes) is 44. The molecule has 0 saturated carbocycles. The van der Waals surface area contributed by atoms with Crippen LogP contribution < -0.4 is 0 Å². The van der Waals surface area contributed by atoms with Crippen LogP contribution in [0.3, 0.4) is 0 Å². The molecule has 0 amide bonds. The average molecular weight is 1150 g/mol. The van der Waals surface area contributed by atoms with Crippen LogP contribution in [0.4, 0.5) is 0 Å². The van der Waals surface area contributed by atoms with Crippen LogP contribution in [0.25, 0.3) is 0 Å². The highest BCUT2D eigenvalue weighted by atomic mass is 16.7. The molecule has 80 heavy (non-hydrogen) atoms. The van der Waals surface area contributed by atoms with Gasteiger partial charge in [-0.2, -0.15) is 0 Å². The van der Waals surface area contributed by atoms with Crippen LogP contribution in [0.1, 0.15) is 316 Å². The van der Waals surface area contributed by atoms with Crippen molar-refractivity contribution in [2.75, 3.05) is 33.0 Å². The Hall–Kier alpha value is -1.01. The van der Waals surface area contributed by atoms with Crippen LogP contribution in [0.5, 0.6) is 0 Å². The molecular weight excluding hydrogens is 1020 g/mol. The molecule has 7 N–H and O–H groups in total. The highest BCUT2D eigenvalue weighted by molar-refractivity contribution is 5.69. The van der Waals surface area contributed by atoms with Crippen LogP contribution in [0.2, 0.25) is 0 Å². The van der Waals surface area contributed by atoms with Crippen molar-refractivity contribution < 1.29 is 69.0 Å². The predicted molar refractivity (Wildman–Crippen MR) is 321 cm³/mol. The molecule has 0 bridgehead atoms. The summed E-state index contributed by atoms with van der Waals surface area (Å²) >= 11 is 0. The molecule has 0 aliphatic carbocycles. The molecule has 11 atom stereocenters. The van der Waals surface area contributed by atoms with E-state index < -0.39 is 80.7 Å². The minimum Gasteiger partial charge on any atom is -0.457 e. The summed E-state index contributed by atoms with van der Waals surface area (Å²) in [7, 11) is 0. The van der Waals surface area contributed by atoms with Crippen molar-refractivity contribution in [1.82, 2.24) is 0 Å². The standard InChI is InChI=1S/C66H128O14/c1-3-5-7-9-11-13-15-17-19-21-23-25-26-27-28-29-31-33-35-37-39-41-43-45-47-49-58(68)78-55(52-75-50-48-46-44-42-40-38-36-34-32-30-24-22-20-18-16-14-12-10-8-6-4-2)53-76-65-64(74)62(72)60(70)57(80-65)54-77-66-63(73)61(71)59(69)56(51-67)79-66/h55-57,59-67,69-74H,3-54H2,1-2H3. The zero-order valence-corrected chi connectivity index (χ0v) is 51.6. The Morgan fingerprint density at radius 2 is 0.662 bits per heavy atom. The molecule has 0 aromatic heterocycles. The first-order chi connectivity index (χ1) is 39.1. The van der Waals surface area contributed by atoms with Crippen molar-refractivity contribution in [3.8, 4) is 0 Å². The van der Waals surface area contributed by atoms with E-state index in [4.69, 9.17) is 28.4 Å². The number of rotatable bonds is 58. The first-order valence-corrected chi connectivity index (χ1v) is 34.1. The maximum absolute atomic E-state index is 13.1. The van der Waals surface area contributed by atoms with Gasteiger partial charge in [-0.15, -0.1) is 0 Å². The van der Waals surface area contributed by atoms with Crippen LogP contribution in [0, 0.1) is 0 Å². The van der Waals surface area contributed by atoms with Gasteiger partial charge in [-0.1, -0.05) is 296 Å². The van der Waals surface area contributed by atoms with Crippen molar-refractivity contribution in [2.45, 2.75) is 383 Å². The van der Waals surface area contributed by atoms with Crippen molar-refractivity contribution in [2.24, 2.45) is 0 Å². The Morgan fingerprint density at radius 1 is 0.362 bits per heavy atom. The van der Waals surface area contributed by atoms with Crippen LogP contribution in [-0.4, -0.2) is 142 Å². The summed E-state index contributed by atoms with van der Waals surface area (Å²) in [6, 6.07) is 0. The van der Waals surface area contributed by atoms with Gasteiger partial charge < -0.3 is 64.2 Å². The van der Waals surface area contributed by atoms with Gasteiger partial charge in [0.25, 0.3) is 0 Å². The molecule has 0 aromatic rings. The molecule has 0 radical (unpaired) electrons. The minimum atomic E-state index is -1.70. The third-order valence-corrected chi connectivity index (χ3v) is 16.9. The number of ether oxygens (including phenoxy) is 6. The molecule has 2 saturated heterocycles. The van der Waals surface area contributed by atoms with Crippen molar-refractivity contribution >= 4 is 5.97 Å². The maximum atomic E-state index is 13.1. The molecule has 476 valence electrons. The van der Waals surface area contributed by atoms with Crippen molar-refractivity contribution in [3.05, 3.63) is 0 Å². The Balaban J connectivity index is 1.63. The van der Waals surface area contributed by atoms with Gasteiger partial charge in [0.1, 0.15) is 54.9 Å².